The van der Waals surface area contributed by atoms with Gasteiger partial charge in [-0.2, -0.15) is 0 Å². The number of hydrogen-bond acceptors (Lipinski definition) is 5. The first-order chi connectivity index (χ1) is 9.20. The van der Waals surface area contributed by atoms with Gasteiger partial charge in [0.05, 0.1) is 7.11 Å². The number of fused-ring (bicyclic) bond motifs is 2. The Morgan fingerprint density at radius 1 is 1.26 bits per heavy atom. The van der Waals surface area contributed by atoms with Crippen molar-refractivity contribution in [1.82, 2.24) is 14.9 Å². The third kappa shape index (κ3) is 2.12. The molecule has 2 unspecified atom stereocenters. The molecule has 102 valence electrons. The lowest BCUT2D eigenvalue weighted by atomic mass is 9.86. The minimum absolute atomic E-state index is 0.0688. The van der Waals surface area contributed by atoms with Crippen LogP contribution in [0.3, 0.4) is 0 Å². The fourth-order valence-corrected chi connectivity index (χ4v) is 3.46. The summed E-state index contributed by atoms with van der Waals surface area (Å²) in [5.74, 6) is 0.507. The molecule has 0 aromatic carbocycles. The van der Waals surface area contributed by atoms with Crippen molar-refractivity contribution in [1.29, 1.82) is 0 Å². The second-order valence-corrected chi connectivity index (χ2v) is 5.50. The van der Waals surface area contributed by atoms with Crippen molar-refractivity contribution < 1.29 is 9.53 Å². The number of ketones is 1. The maximum Gasteiger partial charge on any atom is 0.243 e. The minimum atomic E-state index is 0.0688. The summed E-state index contributed by atoms with van der Waals surface area (Å²) < 4.78 is 5.14. The van der Waals surface area contributed by atoms with Gasteiger partial charge in [0.15, 0.2) is 11.5 Å². The van der Waals surface area contributed by atoms with Crippen LogP contribution in [0.4, 0.5) is 0 Å². The third-order valence-electron chi connectivity index (χ3n) is 4.56. The first-order valence-corrected chi connectivity index (χ1v) is 6.82. The van der Waals surface area contributed by atoms with Crippen LogP contribution in [0.15, 0.2) is 12.4 Å². The molecule has 1 aromatic rings. The topological polar surface area (TPSA) is 55.3 Å². The van der Waals surface area contributed by atoms with Crippen LogP contribution in [0.5, 0.6) is 5.88 Å². The Labute approximate surface area is 113 Å². The summed E-state index contributed by atoms with van der Waals surface area (Å²) in [6.45, 7) is 0. The van der Waals surface area contributed by atoms with E-state index in [1.165, 1.54) is 20.0 Å². The van der Waals surface area contributed by atoms with E-state index in [1.54, 1.807) is 12.4 Å². The average molecular weight is 261 g/mol. The molecule has 0 radical (unpaired) electrons. The van der Waals surface area contributed by atoms with E-state index >= 15 is 0 Å². The maximum absolute atomic E-state index is 12.6. The molecule has 0 saturated carbocycles. The summed E-state index contributed by atoms with van der Waals surface area (Å²) in [4.78, 5) is 23.3. The first-order valence-electron chi connectivity index (χ1n) is 6.82. The van der Waals surface area contributed by atoms with Gasteiger partial charge in [-0.15, -0.1) is 0 Å². The monoisotopic (exact) mass is 261 g/mol. The highest BCUT2D eigenvalue weighted by molar-refractivity contribution is 5.98. The number of rotatable bonds is 3. The van der Waals surface area contributed by atoms with Crippen molar-refractivity contribution in [3.05, 3.63) is 18.1 Å². The first kappa shape index (κ1) is 12.5. The van der Waals surface area contributed by atoms with Gasteiger partial charge in [0.25, 0.3) is 0 Å². The number of piperidine rings is 1. The van der Waals surface area contributed by atoms with Gasteiger partial charge in [-0.25, -0.2) is 9.97 Å². The van der Waals surface area contributed by atoms with Crippen LogP contribution in [0.2, 0.25) is 0 Å². The normalized spacial score (nSPS) is 30.3. The summed E-state index contributed by atoms with van der Waals surface area (Å²) in [5.41, 5.74) is 0.388. The quantitative estimate of drug-likeness (QED) is 0.773. The molecule has 2 aliphatic rings. The van der Waals surface area contributed by atoms with E-state index in [-0.39, 0.29) is 11.7 Å². The summed E-state index contributed by atoms with van der Waals surface area (Å²) >= 11 is 0. The Kier molecular flexibility index (Phi) is 3.22. The van der Waals surface area contributed by atoms with E-state index in [0.717, 1.165) is 12.8 Å². The Bertz CT molecular complexity index is 477. The molecular weight excluding hydrogens is 242 g/mol. The van der Waals surface area contributed by atoms with E-state index in [1.807, 2.05) is 0 Å². The third-order valence-corrected chi connectivity index (χ3v) is 4.56. The fraction of sp³-hybridized carbons (Fsp3) is 0.643. The Hall–Kier alpha value is -1.49. The zero-order chi connectivity index (χ0) is 13.4. The molecule has 0 N–H and O–H groups in total. The predicted octanol–water partition coefficient (Wildman–Crippen LogP) is 1.54. The highest BCUT2D eigenvalue weighted by Crippen LogP contribution is 2.38. The zero-order valence-electron chi connectivity index (χ0n) is 11.4. The average Bonchev–Trinajstić information content (AvgIpc) is 2.68. The van der Waals surface area contributed by atoms with Crippen molar-refractivity contribution in [2.45, 2.75) is 37.8 Å². The number of Topliss-reactive ketones (excluding diaryl/α,β-unsaturated/α-hetero) is 1. The van der Waals surface area contributed by atoms with E-state index < -0.39 is 0 Å². The Morgan fingerprint density at radius 3 is 2.53 bits per heavy atom. The van der Waals surface area contributed by atoms with Gasteiger partial charge in [-0.05, 0) is 32.7 Å². The van der Waals surface area contributed by atoms with Gasteiger partial charge in [0.2, 0.25) is 5.88 Å². The highest BCUT2D eigenvalue weighted by Gasteiger charge is 2.41. The molecule has 2 fully saturated rings. The molecule has 0 spiro atoms. The molecule has 3 rings (SSSR count). The summed E-state index contributed by atoms with van der Waals surface area (Å²) in [7, 11) is 3.70. The maximum atomic E-state index is 12.6. The van der Waals surface area contributed by atoms with E-state index in [0.29, 0.717) is 23.7 Å². The molecule has 19 heavy (non-hydrogen) atoms. The SMILES string of the molecule is COc1nccnc1C(=O)C1CC2CCC(C1)N2C. The van der Waals surface area contributed by atoms with Crippen LogP contribution in [0, 0.1) is 5.92 Å². The highest BCUT2D eigenvalue weighted by atomic mass is 16.5. The number of aromatic nitrogens is 2. The summed E-state index contributed by atoms with van der Waals surface area (Å²) in [5, 5.41) is 0. The van der Waals surface area contributed by atoms with E-state index in [2.05, 4.69) is 21.9 Å². The number of nitrogens with zero attached hydrogens (tertiary/aromatic N) is 3. The van der Waals surface area contributed by atoms with Gasteiger partial charge < -0.3 is 9.64 Å². The van der Waals surface area contributed by atoms with Crippen molar-refractivity contribution in [2.24, 2.45) is 5.92 Å². The number of methoxy groups -OCH3 is 1. The number of carbonyl (C=O) groups is 1. The Morgan fingerprint density at radius 2 is 1.89 bits per heavy atom. The van der Waals surface area contributed by atoms with Crippen molar-refractivity contribution in [2.75, 3.05) is 14.2 Å². The molecule has 0 amide bonds. The van der Waals surface area contributed by atoms with Crippen LogP contribution < -0.4 is 4.74 Å². The number of hydrogen-bond donors (Lipinski definition) is 0. The predicted molar refractivity (Wildman–Crippen MR) is 70.2 cm³/mol. The molecular formula is C14H19N3O2. The largest absolute Gasteiger partial charge is 0.479 e. The standard InChI is InChI=1S/C14H19N3O2/c1-17-10-3-4-11(17)8-9(7-10)13(18)12-14(19-2)16-6-5-15-12/h5-6,9-11H,3-4,7-8H2,1-2H3. The molecule has 2 bridgehead atoms. The molecule has 1 aromatic heterocycles. The second-order valence-electron chi connectivity index (χ2n) is 5.50. The molecule has 2 aliphatic heterocycles. The van der Waals surface area contributed by atoms with E-state index in [4.69, 9.17) is 4.74 Å². The van der Waals surface area contributed by atoms with Crippen LogP contribution in [-0.2, 0) is 0 Å². The van der Waals surface area contributed by atoms with Gasteiger partial charge in [-0.3, -0.25) is 4.79 Å². The second kappa shape index (κ2) is 4.89. The van der Waals surface area contributed by atoms with Crippen LogP contribution in [0.1, 0.15) is 36.2 Å². The molecule has 2 saturated heterocycles. The van der Waals surface area contributed by atoms with Gasteiger partial charge in [-0.1, -0.05) is 0 Å². The van der Waals surface area contributed by atoms with E-state index in [9.17, 15) is 4.79 Å². The summed E-state index contributed by atoms with van der Waals surface area (Å²) in [6.07, 6.45) is 7.40. The lowest BCUT2D eigenvalue weighted by molar-refractivity contribution is 0.0758. The minimum Gasteiger partial charge on any atom is -0.479 e. The molecule has 3 heterocycles. The lowest BCUT2D eigenvalue weighted by Gasteiger charge is -2.35. The Balaban J connectivity index is 1.81. The summed E-state index contributed by atoms with van der Waals surface area (Å²) in [6, 6.07) is 1.10. The molecule has 2 atom stereocenters. The molecule has 0 aliphatic carbocycles. The number of ether oxygens (including phenoxy) is 1. The van der Waals surface area contributed by atoms with Gasteiger partial charge >= 0.3 is 0 Å². The number of carbonyl (C=O) groups excluding carboxylic acids is 1. The molecule has 5 heteroatoms. The van der Waals surface area contributed by atoms with Crippen LogP contribution >= 0.6 is 0 Å². The van der Waals surface area contributed by atoms with Crippen LogP contribution in [-0.4, -0.2) is 46.9 Å². The molecule has 5 nitrogen and oxygen atoms in total. The fourth-order valence-electron chi connectivity index (χ4n) is 3.46. The van der Waals surface area contributed by atoms with Gasteiger partial charge in [0, 0.05) is 30.4 Å². The van der Waals surface area contributed by atoms with Crippen molar-refractivity contribution >= 4 is 5.78 Å². The van der Waals surface area contributed by atoms with Crippen molar-refractivity contribution in [3.63, 3.8) is 0 Å². The smallest absolute Gasteiger partial charge is 0.243 e. The van der Waals surface area contributed by atoms with Crippen LogP contribution in [0.25, 0.3) is 0 Å². The van der Waals surface area contributed by atoms with Crippen molar-refractivity contribution in [3.8, 4) is 5.88 Å². The lowest BCUT2D eigenvalue weighted by Crippen LogP contribution is -2.42. The van der Waals surface area contributed by atoms with Gasteiger partial charge in [0.1, 0.15) is 0 Å². The zero-order valence-corrected chi connectivity index (χ0v) is 11.4.